The van der Waals surface area contributed by atoms with Gasteiger partial charge >= 0.3 is 6.03 Å². The highest BCUT2D eigenvalue weighted by atomic mass is 32.2. The van der Waals surface area contributed by atoms with Crippen molar-refractivity contribution >= 4 is 27.5 Å². The smallest absolute Gasteiger partial charge is 0.322 e. The van der Waals surface area contributed by atoms with Gasteiger partial charge in [-0.25, -0.2) is 27.8 Å². The molecule has 30 heavy (non-hydrogen) atoms. The van der Waals surface area contributed by atoms with Crippen LogP contribution in [-0.4, -0.2) is 49.9 Å². The fourth-order valence-corrected chi connectivity index (χ4v) is 4.26. The van der Waals surface area contributed by atoms with Gasteiger partial charge in [0.25, 0.3) is 5.91 Å². The molecule has 0 saturated carbocycles. The van der Waals surface area contributed by atoms with E-state index < -0.39 is 33.4 Å². The van der Waals surface area contributed by atoms with E-state index in [0.29, 0.717) is 17.2 Å². The summed E-state index contributed by atoms with van der Waals surface area (Å²) in [6.45, 7) is -0.110. The largest absolute Gasteiger partial charge is 0.324 e. The van der Waals surface area contributed by atoms with Crippen LogP contribution in [0.1, 0.15) is 15.9 Å². The number of benzene rings is 2. The third-order valence-electron chi connectivity index (χ3n) is 4.73. The Hall–Kier alpha value is -3.05. The standard InChI is InChI=1S/C19H20F2N4O4S/c20-15-5-6-17(16(21)11-15)25(19(27)24-7-9-30(28,29)10-8-24)12-13-1-3-14(4-2-13)18(26)23-22/h1-6,11H,7-10,12,22H2,(H,23,26). The van der Waals surface area contributed by atoms with E-state index in [1.54, 1.807) is 12.1 Å². The molecule has 3 amide bonds. The summed E-state index contributed by atoms with van der Waals surface area (Å²) in [5.41, 5.74) is 2.74. The van der Waals surface area contributed by atoms with Crippen LogP contribution in [0.25, 0.3) is 0 Å². The van der Waals surface area contributed by atoms with Crippen LogP contribution in [-0.2, 0) is 16.4 Å². The molecule has 2 aromatic carbocycles. The number of rotatable bonds is 4. The van der Waals surface area contributed by atoms with Gasteiger partial charge in [-0.2, -0.15) is 0 Å². The predicted octanol–water partition coefficient (Wildman–Crippen LogP) is 1.43. The first-order valence-corrected chi connectivity index (χ1v) is 10.8. The van der Waals surface area contributed by atoms with Gasteiger partial charge in [0.05, 0.1) is 23.7 Å². The van der Waals surface area contributed by atoms with E-state index >= 15 is 0 Å². The molecule has 1 saturated heterocycles. The number of carbonyl (C=O) groups is 2. The van der Waals surface area contributed by atoms with Gasteiger partial charge in [-0.15, -0.1) is 0 Å². The van der Waals surface area contributed by atoms with Crippen molar-refractivity contribution < 1.29 is 26.8 Å². The molecule has 0 aliphatic carbocycles. The Morgan fingerprint density at radius 1 is 1.07 bits per heavy atom. The Kier molecular flexibility index (Phi) is 6.32. The number of urea groups is 1. The van der Waals surface area contributed by atoms with Crippen LogP contribution < -0.4 is 16.2 Å². The van der Waals surface area contributed by atoms with Crippen molar-refractivity contribution in [2.45, 2.75) is 6.54 Å². The summed E-state index contributed by atoms with van der Waals surface area (Å²) in [4.78, 5) is 27.1. The maximum absolute atomic E-state index is 14.5. The number of amides is 3. The normalized spacial score (nSPS) is 15.5. The van der Waals surface area contributed by atoms with Crippen LogP contribution in [0.2, 0.25) is 0 Å². The Bertz CT molecular complexity index is 1050. The van der Waals surface area contributed by atoms with E-state index in [9.17, 15) is 26.8 Å². The number of sulfone groups is 1. The molecule has 1 aliphatic rings. The van der Waals surface area contributed by atoms with Crippen LogP contribution >= 0.6 is 0 Å². The zero-order valence-electron chi connectivity index (χ0n) is 15.8. The average Bonchev–Trinajstić information content (AvgIpc) is 2.72. The van der Waals surface area contributed by atoms with Gasteiger partial charge in [0, 0.05) is 24.7 Å². The molecule has 3 N–H and O–H groups in total. The summed E-state index contributed by atoms with van der Waals surface area (Å²) in [5, 5.41) is 0. The van der Waals surface area contributed by atoms with Crippen molar-refractivity contribution in [2.24, 2.45) is 5.84 Å². The number of carbonyl (C=O) groups excluding carboxylic acids is 2. The van der Waals surface area contributed by atoms with Crippen LogP contribution in [0.3, 0.4) is 0 Å². The third-order valence-corrected chi connectivity index (χ3v) is 6.34. The quantitative estimate of drug-likeness (QED) is 0.426. The fraction of sp³-hybridized carbons (Fsp3) is 0.263. The molecule has 2 aromatic rings. The minimum Gasteiger partial charge on any atom is -0.322 e. The number of nitrogens with zero attached hydrogens (tertiary/aromatic N) is 2. The number of halogens is 2. The zero-order chi connectivity index (χ0) is 21.9. The van der Waals surface area contributed by atoms with Gasteiger partial charge in [-0.3, -0.25) is 15.1 Å². The lowest BCUT2D eigenvalue weighted by Crippen LogP contribution is -2.50. The second kappa shape index (κ2) is 8.76. The van der Waals surface area contributed by atoms with Crippen LogP contribution in [0, 0.1) is 11.6 Å². The van der Waals surface area contributed by atoms with Crippen LogP contribution in [0.4, 0.5) is 19.3 Å². The van der Waals surface area contributed by atoms with Crippen molar-refractivity contribution in [3.63, 3.8) is 0 Å². The molecule has 1 fully saturated rings. The van der Waals surface area contributed by atoms with Gasteiger partial charge in [0.1, 0.15) is 11.6 Å². The predicted molar refractivity (Wildman–Crippen MR) is 106 cm³/mol. The van der Waals surface area contributed by atoms with E-state index in [4.69, 9.17) is 5.84 Å². The summed E-state index contributed by atoms with van der Waals surface area (Å²) < 4.78 is 51.1. The molecular formula is C19H20F2N4O4S. The van der Waals surface area contributed by atoms with Crippen molar-refractivity contribution in [3.05, 3.63) is 65.2 Å². The first kappa shape index (κ1) is 21.7. The number of nitrogens with two attached hydrogens (primary N) is 1. The van der Waals surface area contributed by atoms with Gasteiger partial charge < -0.3 is 4.90 Å². The SMILES string of the molecule is NNC(=O)c1ccc(CN(C(=O)N2CCS(=O)(=O)CC2)c2ccc(F)cc2F)cc1. The van der Waals surface area contributed by atoms with Gasteiger partial charge in [-0.05, 0) is 29.8 Å². The highest BCUT2D eigenvalue weighted by Crippen LogP contribution is 2.24. The molecule has 11 heteroatoms. The van der Waals surface area contributed by atoms with E-state index in [1.165, 1.54) is 17.0 Å². The Morgan fingerprint density at radius 2 is 1.70 bits per heavy atom. The molecule has 160 valence electrons. The Labute approximate surface area is 172 Å². The first-order valence-electron chi connectivity index (χ1n) is 9.02. The van der Waals surface area contributed by atoms with E-state index in [0.717, 1.165) is 17.0 Å². The average molecular weight is 438 g/mol. The molecule has 0 bridgehead atoms. The number of hydrogen-bond acceptors (Lipinski definition) is 5. The maximum Gasteiger partial charge on any atom is 0.324 e. The van der Waals surface area contributed by atoms with Crippen LogP contribution in [0.15, 0.2) is 42.5 Å². The van der Waals surface area contributed by atoms with Crippen molar-refractivity contribution in [2.75, 3.05) is 29.5 Å². The number of nitrogen functional groups attached to an aromatic ring is 1. The van der Waals surface area contributed by atoms with Gasteiger partial charge in [0.15, 0.2) is 9.84 Å². The summed E-state index contributed by atoms with van der Waals surface area (Å²) in [6, 6.07) is 8.40. The molecule has 0 radical (unpaired) electrons. The maximum atomic E-state index is 14.5. The molecule has 0 unspecified atom stereocenters. The summed E-state index contributed by atoms with van der Waals surface area (Å²) in [7, 11) is -3.21. The number of nitrogens with one attached hydrogen (secondary N) is 1. The second-order valence-corrected chi connectivity index (χ2v) is 9.08. The Balaban J connectivity index is 1.89. The lowest BCUT2D eigenvalue weighted by atomic mass is 10.1. The lowest BCUT2D eigenvalue weighted by Gasteiger charge is -2.33. The lowest BCUT2D eigenvalue weighted by molar-refractivity contribution is 0.0953. The highest BCUT2D eigenvalue weighted by Gasteiger charge is 2.30. The van der Waals surface area contributed by atoms with Gasteiger partial charge in [0.2, 0.25) is 0 Å². The summed E-state index contributed by atoms with van der Waals surface area (Å²) in [6.07, 6.45) is 0. The second-order valence-electron chi connectivity index (χ2n) is 6.77. The van der Waals surface area contributed by atoms with E-state index in [-0.39, 0.29) is 36.8 Å². The summed E-state index contributed by atoms with van der Waals surface area (Å²) >= 11 is 0. The molecule has 0 atom stereocenters. The molecule has 1 heterocycles. The highest BCUT2D eigenvalue weighted by molar-refractivity contribution is 7.91. The van der Waals surface area contributed by atoms with Crippen molar-refractivity contribution in [1.29, 1.82) is 0 Å². The monoisotopic (exact) mass is 438 g/mol. The molecule has 0 aromatic heterocycles. The van der Waals surface area contributed by atoms with E-state index in [2.05, 4.69) is 0 Å². The van der Waals surface area contributed by atoms with E-state index in [1.807, 2.05) is 5.43 Å². The summed E-state index contributed by atoms with van der Waals surface area (Å²) in [5.74, 6) is 2.53. The van der Waals surface area contributed by atoms with Gasteiger partial charge in [-0.1, -0.05) is 12.1 Å². The topological polar surface area (TPSA) is 113 Å². The van der Waals surface area contributed by atoms with Crippen molar-refractivity contribution in [3.8, 4) is 0 Å². The molecule has 0 spiro atoms. The number of anilines is 1. The fourth-order valence-electron chi connectivity index (χ4n) is 3.06. The number of hydrogen-bond donors (Lipinski definition) is 2. The zero-order valence-corrected chi connectivity index (χ0v) is 16.7. The van der Waals surface area contributed by atoms with Crippen LogP contribution in [0.5, 0.6) is 0 Å². The Morgan fingerprint density at radius 3 is 2.27 bits per heavy atom. The molecular weight excluding hydrogens is 418 g/mol. The minimum absolute atomic E-state index is 0.0178. The third kappa shape index (κ3) is 4.92. The van der Waals surface area contributed by atoms with Crippen molar-refractivity contribution in [1.82, 2.24) is 10.3 Å². The first-order chi connectivity index (χ1) is 14.2. The number of hydrazine groups is 1. The minimum atomic E-state index is -3.21. The molecule has 8 nitrogen and oxygen atoms in total. The molecule has 1 aliphatic heterocycles. The molecule has 3 rings (SSSR count).